The van der Waals surface area contributed by atoms with Gasteiger partial charge in [-0.2, -0.15) is 12.8 Å². The molecule has 0 saturated carbocycles. The van der Waals surface area contributed by atoms with Crippen LogP contribution in [-0.2, 0) is 10.1 Å². The Bertz CT molecular complexity index is 326. The number of thiophene rings is 1. The first kappa shape index (κ1) is 7.64. The zero-order chi connectivity index (χ0) is 7.78. The lowest BCUT2D eigenvalue weighted by atomic mass is 10.7. The summed E-state index contributed by atoms with van der Waals surface area (Å²) in [6.45, 7) is 0. The van der Waals surface area contributed by atoms with E-state index in [0.29, 0.717) is 11.3 Å². The van der Waals surface area contributed by atoms with Crippen molar-refractivity contribution >= 4 is 21.5 Å². The molecule has 0 fully saturated rings. The molecule has 0 aliphatic heterocycles. The summed E-state index contributed by atoms with van der Waals surface area (Å²) in [6.07, 6.45) is 0. The van der Waals surface area contributed by atoms with E-state index in [2.05, 4.69) is 0 Å². The highest BCUT2D eigenvalue weighted by Crippen LogP contribution is 2.18. The van der Waals surface area contributed by atoms with Crippen molar-refractivity contribution in [3.8, 4) is 0 Å². The molecule has 1 aromatic rings. The van der Waals surface area contributed by atoms with Gasteiger partial charge in [0.15, 0.2) is 5.13 Å². The van der Waals surface area contributed by atoms with Gasteiger partial charge in [-0.05, 0) is 12.1 Å². The molecule has 0 aliphatic rings. The van der Waals surface area contributed by atoms with Gasteiger partial charge < -0.3 is 0 Å². The van der Waals surface area contributed by atoms with Crippen molar-refractivity contribution in [1.29, 1.82) is 0 Å². The van der Waals surface area contributed by atoms with Gasteiger partial charge in [-0.1, -0.05) is 11.3 Å². The molecular weight excluding hydrogens is 179 g/mol. The van der Waals surface area contributed by atoms with Crippen molar-refractivity contribution in [2.24, 2.45) is 0 Å². The second-order valence-electron chi connectivity index (χ2n) is 1.53. The van der Waals surface area contributed by atoms with Gasteiger partial charge in [0.05, 0.1) is 0 Å². The third kappa shape index (κ3) is 1.53. The molecule has 1 aromatic heterocycles. The largest absolute Gasteiger partial charge is 0.304 e. The Morgan fingerprint density at radius 2 is 2.10 bits per heavy atom. The van der Waals surface area contributed by atoms with Gasteiger partial charge >= 0.3 is 10.1 Å². The predicted octanol–water partition coefficient (Wildman–Crippen LogP) is 1.13. The van der Waals surface area contributed by atoms with Crippen molar-refractivity contribution in [1.82, 2.24) is 0 Å². The Balaban J connectivity index is 3.21. The molecule has 0 unspecified atom stereocenters. The average molecular weight is 182 g/mol. The molecular formula is C4H3FO3S2. The van der Waals surface area contributed by atoms with Crippen molar-refractivity contribution in [2.75, 3.05) is 0 Å². The van der Waals surface area contributed by atoms with E-state index in [0.717, 1.165) is 12.1 Å². The summed E-state index contributed by atoms with van der Waals surface area (Å²) in [4.78, 5) is 0. The van der Waals surface area contributed by atoms with Gasteiger partial charge in [-0.15, -0.1) is 0 Å². The molecule has 1 N–H and O–H groups in total. The topological polar surface area (TPSA) is 54.4 Å². The summed E-state index contributed by atoms with van der Waals surface area (Å²) in [6, 6.07) is 1.99. The first-order valence-corrected chi connectivity index (χ1v) is 4.48. The molecule has 0 atom stereocenters. The number of hydrogen-bond donors (Lipinski definition) is 1. The van der Waals surface area contributed by atoms with E-state index in [4.69, 9.17) is 4.55 Å². The molecule has 1 heterocycles. The smallest absolute Gasteiger partial charge is 0.281 e. The van der Waals surface area contributed by atoms with E-state index in [1.54, 1.807) is 0 Å². The van der Waals surface area contributed by atoms with Crippen LogP contribution in [0.3, 0.4) is 0 Å². The minimum Gasteiger partial charge on any atom is -0.281 e. The normalized spacial score (nSPS) is 11.8. The zero-order valence-electron chi connectivity index (χ0n) is 4.61. The van der Waals surface area contributed by atoms with Gasteiger partial charge in [0.1, 0.15) is 4.21 Å². The second-order valence-corrected chi connectivity index (χ2v) is 4.22. The summed E-state index contributed by atoms with van der Waals surface area (Å²) in [7, 11) is -4.20. The summed E-state index contributed by atoms with van der Waals surface area (Å²) in [5.41, 5.74) is 0. The molecule has 0 aromatic carbocycles. The monoisotopic (exact) mass is 182 g/mol. The van der Waals surface area contributed by atoms with Crippen LogP contribution in [0.4, 0.5) is 4.39 Å². The van der Waals surface area contributed by atoms with Crippen molar-refractivity contribution in [3.05, 3.63) is 17.3 Å². The Morgan fingerprint density at radius 3 is 2.30 bits per heavy atom. The maximum absolute atomic E-state index is 12.1. The molecule has 0 spiro atoms. The van der Waals surface area contributed by atoms with Crippen LogP contribution >= 0.6 is 11.3 Å². The molecule has 0 amide bonds. The average Bonchev–Trinajstić information content (AvgIpc) is 2.11. The third-order valence-corrected chi connectivity index (χ3v) is 3.00. The molecule has 0 aliphatic carbocycles. The Labute approximate surface area is 60.9 Å². The fourth-order valence-corrected chi connectivity index (χ4v) is 1.80. The Kier molecular flexibility index (Phi) is 1.76. The zero-order valence-corrected chi connectivity index (χ0v) is 6.25. The highest BCUT2D eigenvalue weighted by molar-refractivity contribution is 7.88. The van der Waals surface area contributed by atoms with Crippen LogP contribution in [0.5, 0.6) is 0 Å². The maximum Gasteiger partial charge on any atom is 0.304 e. The van der Waals surface area contributed by atoms with Crippen LogP contribution in [0.2, 0.25) is 0 Å². The van der Waals surface area contributed by atoms with E-state index >= 15 is 0 Å². The SMILES string of the molecule is O=S(=O)(O)c1ccc(F)s1. The van der Waals surface area contributed by atoms with Gasteiger partial charge in [-0.25, -0.2) is 0 Å². The summed E-state index contributed by atoms with van der Waals surface area (Å²) in [5.74, 6) is 0. The maximum atomic E-state index is 12.1. The Hall–Kier alpha value is -0.460. The van der Waals surface area contributed by atoms with Gasteiger partial charge in [0.2, 0.25) is 0 Å². The summed E-state index contributed by atoms with van der Waals surface area (Å²) >= 11 is 0.390. The van der Waals surface area contributed by atoms with E-state index in [9.17, 15) is 12.8 Å². The summed E-state index contributed by atoms with van der Waals surface area (Å²) in [5, 5.41) is -0.632. The second kappa shape index (κ2) is 2.30. The van der Waals surface area contributed by atoms with Crippen LogP contribution in [0.25, 0.3) is 0 Å². The van der Waals surface area contributed by atoms with Crippen molar-refractivity contribution in [3.63, 3.8) is 0 Å². The molecule has 3 nitrogen and oxygen atoms in total. The number of halogens is 1. The quantitative estimate of drug-likeness (QED) is 0.662. The highest BCUT2D eigenvalue weighted by Gasteiger charge is 2.11. The molecule has 10 heavy (non-hydrogen) atoms. The Morgan fingerprint density at radius 1 is 1.50 bits per heavy atom. The van der Waals surface area contributed by atoms with E-state index in [1.807, 2.05) is 0 Å². The molecule has 0 radical (unpaired) electrons. The lowest BCUT2D eigenvalue weighted by molar-refractivity contribution is 0.485. The van der Waals surface area contributed by atoms with E-state index < -0.39 is 15.2 Å². The number of hydrogen-bond acceptors (Lipinski definition) is 3. The lowest BCUT2D eigenvalue weighted by Gasteiger charge is -1.84. The molecule has 56 valence electrons. The fourth-order valence-electron chi connectivity index (χ4n) is 0.436. The molecule has 0 bridgehead atoms. The third-order valence-electron chi connectivity index (χ3n) is 0.803. The van der Waals surface area contributed by atoms with Crippen LogP contribution < -0.4 is 0 Å². The molecule has 6 heteroatoms. The minimum atomic E-state index is -4.20. The number of rotatable bonds is 1. The van der Waals surface area contributed by atoms with Crippen molar-refractivity contribution < 1.29 is 17.4 Å². The van der Waals surface area contributed by atoms with Gasteiger partial charge in [0, 0.05) is 0 Å². The minimum absolute atomic E-state index is 0.370. The lowest BCUT2D eigenvalue weighted by Crippen LogP contribution is -1.92. The van der Waals surface area contributed by atoms with E-state index in [1.165, 1.54) is 0 Å². The van der Waals surface area contributed by atoms with Crippen LogP contribution in [0, 0.1) is 5.13 Å². The first-order valence-electron chi connectivity index (χ1n) is 2.23. The van der Waals surface area contributed by atoms with Crippen LogP contribution in [-0.4, -0.2) is 13.0 Å². The standard InChI is InChI=1S/C4H3FO3S2/c5-3-1-2-4(9-3)10(6,7)8/h1-2H,(H,6,7,8). The molecule has 1 rings (SSSR count). The van der Waals surface area contributed by atoms with Gasteiger partial charge in [-0.3, -0.25) is 4.55 Å². The van der Waals surface area contributed by atoms with Gasteiger partial charge in [0.25, 0.3) is 0 Å². The molecule has 0 saturated heterocycles. The predicted molar refractivity (Wildman–Crippen MR) is 34.1 cm³/mol. The van der Waals surface area contributed by atoms with Crippen molar-refractivity contribution in [2.45, 2.75) is 4.21 Å². The highest BCUT2D eigenvalue weighted by atomic mass is 32.3. The van der Waals surface area contributed by atoms with E-state index in [-0.39, 0.29) is 4.21 Å². The van der Waals surface area contributed by atoms with Crippen LogP contribution in [0.15, 0.2) is 16.3 Å². The summed E-state index contributed by atoms with van der Waals surface area (Å²) < 4.78 is 40.5. The first-order chi connectivity index (χ1) is 4.50. The fraction of sp³-hybridized carbons (Fsp3) is 0. The van der Waals surface area contributed by atoms with Crippen LogP contribution in [0.1, 0.15) is 0 Å².